The molecule has 1 rings (SSSR count). The molecule has 0 aliphatic carbocycles. The van der Waals surface area contributed by atoms with Gasteiger partial charge in [-0.25, -0.2) is 4.79 Å². The zero-order valence-electron chi connectivity index (χ0n) is 12.3. The Labute approximate surface area is 123 Å². The van der Waals surface area contributed by atoms with E-state index < -0.39 is 10.9 Å². The van der Waals surface area contributed by atoms with E-state index in [1.165, 1.54) is 25.3 Å². The molecule has 1 aromatic carbocycles. The van der Waals surface area contributed by atoms with Crippen LogP contribution in [0.2, 0.25) is 0 Å². The third-order valence-corrected chi connectivity index (χ3v) is 2.51. The lowest BCUT2D eigenvalue weighted by molar-refractivity contribution is -0.385. The lowest BCUT2D eigenvalue weighted by Gasteiger charge is -2.09. The SMILES string of the molecule is COC(=O)c1ccc([N+](=O)[O-])c(OCCOCC(C)C)c1. The van der Waals surface area contributed by atoms with Gasteiger partial charge in [-0.2, -0.15) is 0 Å². The first-order valence-electron chi connectivity index (χ1n) is 6.53. The summed E-state index contributed by atoms with van der Waals surface area (Å²) < 4.78 is 15.2. The lowest BCUT2D eigenvalue weighted by Crippen LogP contribution is -2.11. The summed E-state index contributed by atoms with van der Waals surface area (Å²) in [5, 5.41) is 10.9. The van der Waals surface area contributed by atoms with Crippen molar-refractivity contribution in [2.45, 2.75) is 13.8 Å². The standard InChI is InChI=1S/C14H19NO6/c1-10(2)9-20-6-7-21-13-8-11(14(16)19-3)4-5-12(13)15(17)18/h4-5,8,10H,6-7,9H2,1-3H3. The first-order valence-corrected chi connectivity index (χ1v) is 6.53. The summed E-state index contributed by atoms with van der Waals surface area (Å²) in [6.45, 7) is 5.11. The van der Waals surface area contributed by atoms with Crippen LogP contribution in [0.1, 0.15) is 24.2 Å². The molecule has 7 nitrogen and oxygen atoms in total. The van der Waals surface area contributed by atoms with E-state index in [1.807, 2.05) is 13.8 Å². The number of carbonyl (C=O) groups excluding carboxylic acids is 1. The number of nitro groups is 1. The first kappa shape index (κ1) is 16.9. The summed E-state index contributed by atoms with van der Waals surface area (Å²) in [6, 6.07) is 3.84. The van der Waals surface area contributed by atoms with Crippen LogP contribution in [0.3, 0.4) is 0 Å². The highest BCUT2D eigenvalue weighted by Crippen LogP contribution is 2.28. The van der Waals surface area contributed by atoms with Gasteiger partial charge in [0.25, 0.3) is 0 Å². The second-order valence-corrected chi connectivity index (χ2v) is 4.75. The zero-order valence-corrected chi connectivity index (χ0v) is 12.3. The van der Waals surface area contributed by atoms with E-state index in [0.29, 0.717) is 19.1 Å². The Bertz CT molecular complexity index is 500. The Balaban J connectivity index is 2.72. The molecule has 1 aromatic rings. The van der Waals surface area contributed by atoms with Gasteiger partial charge in [0.05, 0.1) is 24.2 Å². The second kappa shape index (κ2) is 8.21. The molecule has 0 N–H and O–H groups in total. The van der Waals surface area contributed by atoms with E-state index in [2.05, 4.69) is 4.74 Å². The monoisotopic (exact) mass is 297 g/mol. The van der Waals surface area contributed by atoms with E-state index in [1.54, 1.807) is 0 Å². The topological polar surface area (TPSA) is 87.9 Å². The van der Waals surface area contributed by atoms with Crippen molar-refractivity contribution in [2.75, 3.05) is 26.9 Å². The van der Waals surface area contributed by atoms with Crippen molar-refractivity contribution < 1.29 is 23.9 Å². The maximum Gasteiger partial charge on any atom is 0.337 e. The van der Waals surface area contributed by atoms with Crippen LogP contribution in [0.4, 0.5) is 5.69 Å². The molecular formula is C14H19NO6. The molecule has 116 valence electrons. The van der Waals surface area contributed by atoms with E-state index >= 15 is 0 Å². The summed E-state index contributed by atoms with van der Waals surface area (Å²) in [4.78, 5) is 21.8. The Hall–Kier alpha value is -2.15. The fourth-order valence-corrected chi connectivity index (χ4v) is 1.55. The second-order valence-electron chi connectivity index (χ2n) is 4.75. The lowest BCUT2D eigenvalue weighted by atomic mass is 10.2. The molecule has 0 amide bonds. The molecule has 0 unspecified atom stereocenters. The smallest absolute Gasteiger partial charge is 0.337 e. The van der Waals surface area contributed by atoms with Gasteiger partial charge in [-0.15, -0.1) is 0 Å². The van der Waals surface area contributed by atoms with Crippen molar-refractivity contribution in [3.05, 3.63) is 33.9 Å². The predicted molar refractivity (Wildman–Crippen MR) is 75.6 cm³/mol. The molecule has 0 saturated heterocycles. The van der Waals surface area contributed by atoms with Crippen molar-refractivity contribution in [3.63, 3.8) is 0 Å². The molecule has 0 aliphatic heterocycles. The number of nitrogens with zero attached hydrogens (tertiary/aromatic N) is 1. The number of methoxy groups -OCH3 is 1. The minimum Gasteiger partial charge on any atom is -0.484 e. The van der Waals surface area contributed by atoms with Crippen LogP contribution >= 0.6 is 0 Å². The molecule has 0 aromatic heterocycles. The molecule has 0 saturated carbocycles. The molecule has 0 spiro atoms. The molecule has 0 atom stereocenters. The molecule has 0 aliphatic rings. The van der Waals surface area contributed by atoms with Crippen LogP contribution in [-0.4, -0.2) is 37.8 Å². The van der Waals surface area contributed by atoms with Gasteiger partial charge in [0.15, 0.2) is 5.75 Å². The zero-order chi connectivity index (χ0) is 15.8. The average Bonchev–Trinajstić information content (AvgIpc) is 2.45. The maximum absolute atomic E-state index is 11.4. The van der Waals surface area contributed by atoms with Crippen LogP contribution in [0.5, 0.6) is 5.75 Å². The number of nitro benzene ring substituents is 1. The summed E-state index contributed by atoms with van der Waals surface area (Å²) >= 11 is 0. The number of carbonyl (C=O) groups is 1. The molecular weight excluding hydrogens is 278 g/mol. The van der Waals surface area contributed by atoms with Gasteiger partial charge in [-0.05, 0) is 12.0 Å². The van der Waals surface area contributed by atoms with E-state index in [-0.39, 0.29) is 23.6 Å². The van der Waals surface area contributed by atoms with Crippen LogP contribution in [0.25, 0.3) is 0 Å². The van der Waals surface area contributed by atoms with Gasteiger partial charge in [-0.3, -0.25) is 10.1 Å². The highest BCUT2D eigenvalue weighted by Gasteiger charge is 2.18. The highest BCUT2D eigenvalue weighted by molar-refractivity contribution is 5.90. The summed E-state index contributed by atoms with van der Waals surface area (Å²) in [6.07, 6.45) is 0. The van der Waals surface area contributed by atoms with Crippen molar-refractivity contribution in [1.29, 1.82) is 0 Å². The Morgan fingerprint density at radius 1 is 1.33 bits per heavy atom. The molecule has 21 heavy (non-hydrogen) atoms. The molecule has 0 radical (unpaired) electrons. The normalized spacial score (nSPS) is 10.5. The molecule has 0 heterocycles. The fraction of sp³-hybridized carbons (Fsp3) is 0.500. The first-order chi connectivity index (χ1) is 9.95. The van der Waals surface area contributed by atoms with Gasteiger partial charge in [0, 0.05) is 18.7 Å². The third-order valence-electron chi connectivity index (χ3n) is 2.51. The van der Waals surface area contributed by atoms with Crippen LogP contribution in [0.15, 0.2) is 18.2 Å². The van der Waals surface area contributed by atoms with Crippen molar-refractivity contribution >= 4 is 11.7 Å². The van der Waals surface area contributed by atoms with E-state index in [4.69, 9.17) is 9.47 Å². The number of benzene rings is 1. The molecule has 7 heteroatoms. The summed E-state index contributed by atoms with van der Waals surface area (Å²) in [7, 11) is 1.24. The molecule has 0 fully saturated rings. The van der Waals surface area contributed by atoms with Crippen molar-refractivity contribution in [1.82, 2.24) is 0 Å². The van der Waals surface area contributed by atoms with E-state index in [9.17, 15) is 14.9 Å². The third kappa shape index (κ3) is 5.39. The number of ether oxygens (including phenoxy) is 3. The van der Waals surface area contributed by atoms with E-state index in [0.717, 1.165) is 0 Å². The van der Waals surface area contributed by atoms with Gasteiger partial charge in [0.1, 0.15) is 6.61 Å². The Morgan fingerprint density at radius 3 is 2.62 bits per heavy atom. The number of rotatable bonds is 8. The van der Waals surface area contributed by atoms with Gasteiger partial charge >= 0.3 is 11.7 Å². The quantitative estimate of drug-likeness (QED) is 0.317. The highest BCUT2D eigenvalue weighted by atomic mass is 16.6. The van der Waals surface area contributed by atoms with Crippen LogP contribution < -0.4 is 4.74 Å². The number of esters is 1. The van der Waals surface area contributed by atoms with Gasteiger partial charge in [0.2, 0.25) is 0 Å². The minimum absolute atomic E-state index is 0.0241. The van der Waals surface area contributed by atoms with Gasteiger partial charge < -0.3 is 14.2 Å². The number of hydrogen-bond acceptors (Lipinski definition) is 6. The van der Waals surface area contributed by atoms with Gasteiger partial charge in [-0.1, -0.05) is 13.8 Å². The summed E-state index contributed by atoms with van der Waals surface area (Å²) in [5.41, 5.74) is -0.00675. The number of hydrogen-bond donors (Lipinski definition) is 0. The molecule has 0 bridgehead atoms. The Kier molecular flexibility index (Phi) is 6.61. The minimum atomic E-state index is -0.578. The average molecular weight is 297 g/mol. The van der Waals surface area contributed by atoms with Crippen LogP contribution in [0, 0.1) is 16.0 Å². The largest absolute Gasteiger partial charge is 0.484 e. The predicted octanol–water partition coefficient (Wildman–Crippen LogP) is 2.43. The maximum atomic E-state index is 11.4. The van der Waals surface area contributed by atoms with Crippen molar-refractivity contribution in [3.8, 4) is 5.75 Å². The fourth-order valence-electron chi connectivity index (χ4n) is 1.55. The Morgan fingerprint density at radius 2 is 2.05 bits per heavy atom. The van der Waals surface area contributed by atoms with Crippen LogP contribution in [-0.2, 0) is 9.47 Å². The summed E-state index contributed by atoms with van der Waals surface area (Å²) in [5.74, 6) is -0.149. The van der Waals surface area contributed by atoms with Crippen molar-refractivity contribution in [2.24, 2.45) is 5.92 Å².